The van der Waals surface area contributed by atoms with Crippen LogP contribution in [0.25, 0.3) is 0 Å². The lowest BCUT2D eigenvalue weighted by atomic mass is 10.1. The van der Waals surface area contributed by atoms with Gasteiger partial charge in [0.1, 0.15) is 5.75 Å². The van der Waals surface area contributed by atoms with Gasteiger partial charge in [-0.15, -0.1) is 0 Å². The van der Waals surface area contributed by atoms with E-state index in [1.54, 1.807) is 25.6 Å². The van der Waals surface area contributed by atoms with Gasteiger partial charge in [-0.25, -0.2) is 14.8 Å². The molecule has 0 aliphatic heterocycles. The highest BCUT2D eigenvalue weighted by Gasteiger charge is 2.07. The molecule has 7 heteroatoms. The van der Waals surface area contributed by atoms with Gasteiger partial charge in [0.25, 0.3) is 0 Å². The third-order valence-corrected chi connectivity index (χ3v) is 4.94. The minimum atomic E-state index is -0.219. The van der Waals surface area contributed by atoms with Gasteiger partial charge in [0.05, 0.1) is 7.11 Å². The summed E-state index contributed by atoms with van der Waals surface area (Å²) < 4.78 is 5.14. The highest BCUT2D eigenvalue weighted by atomic mass is 32.2. The first kappa shape index (κ1) is 19.7. The van der Waals surface area contributed by atoms with E-state index in [0.29, 0.717) is 11.7 Å². The number of carbonyl (C=O) groups excluding carboxylic acids is 1. The van der Waals surface area contributed by atoms with Gasteiger partial charge in [0.15, 0.2) is 5.16 Å². The molecule has 2 N–H and O–H groups in total. The van der Waals surface area contributed by atoms with Crippen molar-refractivity contribution in [2.24, 2.45) is 0 Å². The van der Waals surface area contributed by atoms with Crippen LogP contribution in [0.4, 0.5) is 10.5 Å². The highest BCUT2D eigenvalue weighted by Crippen LogP contribution is 2.27. The molecule has 2 amide bonds. The average Bonchev–Trinajstić information content (AvgIpc) is 2.71. The van der Waals surface area contributed by atoms with E-state index in [9.17, 15) is 4.79 Å². The molecule has 0 saturated carbocycles. The number of carbonyl (C=O) groups is 1. The number of methoxy groups -OCH3 is 1. The van der Waals surface area contributed by atoms with Crippen LogP contribution < -0.4 is 15.4 Å². The standard InChI is InChI=1S/C21H22N4O2S/c1-15-14-18(28-21-23-11-3-12-24-21)8-9-19(15)25-20(26)22-13-10-16-4-6-17(27-2)7-5-16/h3-9,11-12,14H,10,13H2,1-2H3,(H2,22,25,26). The first-order valence-corrected chi connectivity index (χ1v) is 9.69. The number of hydrogen-bond acceptors (Lipinski definition) is 5. The van der Waals surface area contributed by atoms with E-state index in [2.05, 4.69) is 20.6 Å². The van der Waals surface area contributed by atoms with Crippen molar-refractivity contribution >= 4 is 23.5 Å². The largest absolute Gasteiger partial charge is 0.497 e. The first-order valence-electron chi connectivity index (χ1n) is 8.87. The summed E-state index contributed by atoms with van der Waals surface area (Å²) in [7, 11) is 1.64. The van der Waals surface area contributed by atoms with Gasteiger partial charge in [-0.05, 0) is 72.6 Å². The van der Waals surface area contributed by atoms with Crippen LogP contribution >= 0.6 is 11.8 Å². The minimum Gasteiger partial charge on any atom is -0.497 e. The Hall–Kier alpha value is -3.06. The molecule has 28 heavy (non-hydrogen) atoms. The summed E-state index contributed by atoms with van der Waals surface area (Å²) in [5.74, 6) is 0.824. The maximum absolute atomic E-state index is 12.2. The van der Waals surface area contributed by atoms with Gasteiger partial charge in [-0.3, -0.25) is 0 Å². The van der Waals surface area contributed by atoms with Crippen molar-refractivity contribution in [3.63, 3.8) is 0 Å². The molecule has 0 aliphatic rings. The number of benzene rings is 2. The molecule has 0 saturated heterocycles. The van der Waals surface area contributed by atoms with Crippen LogP contribution in [-0.2, 0) is 6.42 Å². The number of amides is 2. The predicted octanol–water partition coefficient (Wildman–Crippen LogP) is 4.31. The summed E-state index contributed by atoms with van der Waals surface area (Å²) in [5, 5.41) is 6.47. The number of nitrogens with one attached hydrogen (secondary N) is 2. The number of ether oxygens (including phenoxy) is 1. The van der Waals surface area contributed by atoms with E-state index in [1.807, 2.05) is 49.4 Å². The predicted molar refractivity (Wildman–Crippen MR) is 111 cm³/mol. The lowest BCUT2D eigenvalue weighted by molar-refractivity contribution is 0.252. The molecule has 0 aliphatic carbocycles. The second kappa shape index (κ2) is 9.75. The van der Waals surface area contributed by atoms with Crippen molar-refractivity contribution in [3.05, 3.63) is 72.1 Å². The molecule has 0 atom stereocenters. The number of anilines is 1. The van der Waals surface area contributed by atoms with Crippen LogP contribution in [0.3, 0.4) is 0 Å². The van der Waals surface area contributed by atoms with Crippen LogP contribution in [0.15, 0.2) is 71.0 Å². The fourth-order valence-electron chi connectivity index (χ4n) is 2.56. The van der Waals surface area contributed by atoms with E-state index in [1.165, 1.54) is 11.8 Å². The SMILES string of the molecule is COc1ccc(CCNC(=O)Nc2ccc(Sc3ncccn3)cc2C)cc1. The van der Waals surface area contributed by atoms with Gasteiger partial charge in [0.2, 0.25) is 0 Å². The maximum atomic E-state index is 12.2. The third kappa shape index (κ3) is 5.72. The molecule has 0 fully saturated rings. The summed E-state index contributed by atoms with van der Waals surface area (Å²) in [6.07, 6.45) is 4.19. The molecule has 3 rings (SSSR count). The summed E-state index contributed by atoms with van der Waals surface area (Å²) in [6.45, 7) is 2.51. The van der Waals surface area contributed by atoms with Crippen molar-refractivity contribution in [2.75, 3.05) is 19.0 Å². The fraction of sp³-hybridized carbons (Fsp3) is 0.190. The van der Waals surface area contributed by atoms with Gasteiger partial charge >= 0.3 is 6.03 Å². The Kier molecular flexibility index (Phi) is 6.86. The Labute approximate surface area is 168 Å². The molecule has 0 radical (unpaired) electrons. The van der Waals surface area contributed by atoms with E-state index in [0.717, 1.165) is 33.9 Å². The molecule has 3 aromatic rings. The Bertz CT molecular complexity index is 917. The Balaban J connectivity index is 1.49. The lowest BCUT2D eigenvalue weighted by Gasteiger charge is -2.11. The Morgan fingerprint density at radius 1 is 1.11 bits per heavy atom. The molecule has 0 spiro atoms. The van der Waals surface area contributed by atoms with Gasteiger partial charge in [0, 0.05) is 29.5 Å². The fourth-order valence-corrected chi connectivity index (χ4v) is 3.37. The summed E-state index contributed by atoms with van der Waals surface area (Å²) in [6, 6.07) is 15.2. The van der Waals surface area contributed by atoms with Gasteiger partial charge in [-0.2, -0.15) is 0 Å². The second-order valence-electron chi connectivity index (χ2n) is 6.09. The highest BCUT2D eigenvalue weighted by molar-refractivity contribution is 7.99. The Morgan fingerprint density at radius 2 is 1.86 bits per heavy atom. The second-order valence-corrected chi connectivity index (χ2v) is 7.13. The third-order valence-electron chi connectivity index (χ3n) is 4.06. The van der Waals surface area contributed by atoms with Crippen LogP contribution in [0, 0.1) is 6.92 Å². The summed E-state index contributed by atoms with van der Waals surface area (Å²) in [4.78, 5) is 21.6. The average molecular weight is 395 g/mol. The van der Waals surface area contributed by atoms with Crippen molar-refractivity contribution in [1.82, 2.24) is 15.3 Å². The minimum absolute atomic E-state index is 0.219. The van der Waals surface area contributed by atoms with E-state index in [4.69, 9.17) is 4.74 Å². The number of aryl methyl sites for hydroxylation is 1. The van der Waals surface area contributed by atoms with Crippen LogP contribution in [0.1, 0.15) is 11.1 Å². The molecule has 1 heterocycles. The van der Waals surface area contributed by atoms with Crippen molar-refractivity contribution in [1.29, 1.82) is 0 Å². The van der Waals surface area contributed by atoms with E-state index >= 15 is 0 Å². The summed E-state index contributed by atoms with van der Waals surface area (Å²) in [5.41, 5.74) is 2.90. The molecular formula is C21H22N4O2S. The number of nitrogens with zero attached hydrogens (tertiary/aromatic N) is 2. The van der Waals surface area contributed by atoms with Gasteiger partial charge in [-0.1, -0.05) is 12.1 Å². The zero-order chi connectivity index (χ0) is 19.8. The maximum Gasteiger partial charge on any atom is 0.319 e. The van der Waals surface area contributed by atoms with Crippen molar-refractivity contribution in [2.45, 2.75) is 23.4 Å². The molecule has 6 nitrogen and oxygen atoms in total. The number of urea groups is 1. The first-order chi connectivity index (χ1) is 13.6. The quantitative estimate of drug-likeness (QED) is 0.584. The molecule has 1 aromatic heterocycles. The van der Waals surface area contributed by atoms with E-state index < -0.39 is 0 Å². The normalized spacial score (nSPS) is 10.4. The monoisotopic (exact) mass is 394 g/mol. The number of rotatable bonds is 7. The van der Waals surface area contributed by atoms with Crippen molar-refractivity contribution < 1.29 is 9.53 Å². The smallest absolute Gasteiger partial charge is 0.319 e. The zero-order valence-electron chi connectivity index (χ0n) is 15.8. The molecular weight excluding hydrogens is 372 g/mol. The molecule has 0 unspecified atom stereocenters. The number of aromatic nitrogens is 2. The molecule has 144 valence electrons. The zero-order valence-corrected chi connectivity index (χ0v) is 16.6. The van der Waals surface area contributed by atoms with Crippen molar-refractivity contribution in [3.8, 4) is 5.75 Å². The van der Waals surface area contributed by atoms with Gasteiger partial charge < -0.3 is 15.4 Å². The lowest BCUT2D eigenvalue weighted by Crippen LogP contribution is -2.30. The molecule has 0 bridgehead atoms. The topological polar surface area (TPSA) is 76.1 Å². The van der Waals surface area contributed by atoms with Crippen LogP contribution in [0.2, 0.25) is 0 Å². The Morgan fingerprint density at radius 3 is 2.54 bits per heavy atom. The van der Waals surface area contributed by atoms with Crippen LogP contribution in [0.5, 0.6) is 5.75 Å². The molecule has 2 aromatic carbocycles. The van der Waals surface area contributed by atoms with Crippen LogP contribution in [-0.4, -0.2) is 29.7 Å². The summed E-state index contributed by atoms with van der Waals surface area (Å²) >= 11 is 1.48. The van der Waals surface area contributed by atoms with E-state index in [-0.39, 0.29) is 6.03 Å². The number of hydrogen-bond donors (Lipinski definition) is 2.